The van der Waals surface area contributed by atoms with Gasteiger partial charge in [0.2, 0.25) is 0 Å². The predicted molar refractivity (Wildman–Crippen MR) is 173 cm³/mol. The van der Waals surface area contributed by atoms with E-state index in [2.05, 4.69) is 10.6 Å². The smallest absolute Gasteiger partial charge is 0.335 e. The average molecular weight is 645 g/mol. The molecule has 11 heteroatoms. The van der Waals surface area contributed by atoms with E-state index in [1.807, 2.05) is 56.3 Å². The molecular weight excluding hydrogens is 617 g/mol. The number of hydrogen-bond acceptors (Lipinski definition) is 6. The largest absolute Gasteiger partial charge is 0.489 e. The zero-order valence-corrected chi connectivity index (χ0v) is 25.7. The van der Waals surface area contributed by atoms with Crippen LogP contribution < -0.4 is 25.0 Å². The molecule has 0 unspecified atom stereocenters. The van der Waals surface area contributed by atoms with Crippen molar-refractivity contribution in [1.82, 2.24) is 5.32 Å². The number of barbiturate groups is 1. The molecule has 4 aromatic rings. The summed E-state index contributed by atoms with van der Waals surface area (Å²) in [6, 6.07) is 23.5. The van der Waals surface area contributed by atoms with Crippen LogP contribution in [0.5, 0.6) is 11.5 Å². The summed E-state index contributed by atoms with van der Waals surface area (Å²) in [6.07, 6.45) is 1.27. The number of imide groups is 2. The van der Waals surface area contributed by atoms with Crippen LogP contribution in [-0.2, 0) is 21.0 Å². The minimum absolute atomic E-state index is 0.0522. The normalized spacial score (nSPS) is 13.9. The molecule has 1 saturated heterocycles. The van der Waals surface area contributed by atoms with Gasteiger partial charge >= 0.3 is 6.03 Å². The summed E-state index contributed by atoms with van der Waals surface area (Å²) >= 11 is 12.8. The Kier molecular flexibility index (Phi) is 9.51. The van der Waals surface area contributed by atoms with E-state index in [1.165, 1.54) is 18.2 Å². The molecule has 1 aliphatic rings. The van der Waals surface area contributed by atoms with Crippen molar-refractivity contribution in [1.29, 1.82) is 0 Å². The third-order valence-corrected chi connectivity index (χ3v) is 7.34. The number of amides is 5. The number of rotatable bonds is 9. The second-order valence-corrected chi connectivity index (χ2v) is 11.0. The summed E-state index contributed by atoms with van der Waals surface area (Å²) in [7, 11) is 0. The summed E-state index contributed by atoms with van der Waals surface area (Å²) in [5.74, 6) is -1.53. The lowest BCUT2D eigenvalue weighted by Gasteiger charge is -2.26. The van der Waals surface area contributed by atoms with E-state index in [9.17, 15) is 19.2 Å². The molecule has 0 bridgehead atoms. The van der Waals surface area contributed by atoms with Gasteiger partial charge in [0.15, 0.2) is 12.4 Å². The van der Waals surface area contributed by atoms with Crippen LogP contribution in [0.3, 0.4) is 0 Å². The molecule has 5 rings (SSSR count). The highest BCUT2D eigenvalue weighted by Crippen LogP contribution is 2.35. The number of nitrogens with zero attached hydrogens (tertiary/aromatic N) is 1. The topological polar surface area (TPSA) is 114 Å². The van der Waals surface area contributed by atoms with Gasteiger partial charge in [-0.15, -0.1) is 0 Å². The molecule has 228 valence electrons. The number of urea groups is 1. The molecule has 1 aliphatic heterocycles. The maximum absolute atomic E-state index is 13.4. The Bertz CT molecular complexity index is 1800. The first-order valence-electron chi connectivity index (χ1n) is 13.8. The summed E-state index contributed by atoms with van der Waals surface area (Å²) < 4.78 is 11.4. The molecule has 0 aliphatic carbocycles. The van der Waals surface area contributed by atoms with Gasteiger partial charge in [0, 0.05) is 5.69 Å². The number of hydrogen-bond donors (Lipinski definition) is 2. The molecule has 0 aromatic heterocycles. The van der Waals surface area contributed by atoms with Crippen LogP contribution in [0.4, 0.5) is 16.2 Å². The van der Waals surface area contributed by atoms with Crippen LogP contribution in [0.25, 0.3) is 6.08 Å². The highest BCUT2D eigenvalue weighted by Gasteiger charge is 2.37. The highest BCUT2D eigenvalue weighted by atomic mass is 35.5. The highest BCUT2D eigenvalue weighted by molar-refractivity contribution is 6.40. The number of halogens is 2. The molecule has 0 atom stereocenters. The maximum atomic E-state index is 13.4. The Morgan fingerprint density at radius 2 is 1.58 bits per heavy atom. The number of ether oxygens (including phenoxy) is 2. The van der Waals surface area contributed by atoms with Gasteiger partial charge in [0.05, 0.1) is 15.7 Å². The molecule has 4 aromatic carbocycles. The van der Waals surface area contributed by atoms with Gasteiger partial charge < -0.3 is 14.8 Å². The van der Waals surface area contributed by atoms with Crippen LogP contribution in [0.15, 0.2) is 90.5 Å². The summed E-state index contributed by atoms with van der Waals surface area (Å²) in [6.45, 7) is 3.83. The molecule has 5 amide bonds. The number of aryl methyl sites for hydroxylation is 2. The molecule has 0 spiro atoms. The van der Waals surface area contributed by atoms with Crippen molar-refractivity contribution < 1.29 is 28.7 Å². The van der Waals surface area contributed by atoms with Crippen LogP contribution in [-0.4, -0.2) is 30.4 Å². The lowest BCUT2D eigenvalue weighted by atomic mass is 10.1. The van der Waals surface area contributed by atoms with E-state index in [-0.39, 0.29) is 33.7 Å². The Balaban J connectivity index is 1.28. The van der Waals surface area contributed by atoms with Gasteiger partial charge in [-0.25, -0.2) is 9.69 Å². The quantitative estimate of drug-likeness (QED) is 0.152. The molecule has 2 N–H and O–H groups in total. The van der Waals surface area contributed by atoms with E-state index < -0.39 is 23.8 Å². The van der Waals surface area contributed by atoms with E-state index in [4.69, 9.17) is 32.7 Å². The van der Waals surface area contributed by atoms with E-state index in [1.54, 1.807) is 30.3 Å². The minimum Gasteiger partial charge on any atom is -0.489 e. The second kappa shape index (κ2) is 13.7. The predicted octanol–water partition coefficient (Wildman–Crippen LogP) is 6.87. The Morgan fingerprint density at radius 1 is 0.889 bits per heavy atom. The summed E-state index contributed by atoms with van der Waals surface area (Å²) in [4.78, 5) is 52.0. The fourth-order valence-corrected chi connectivity index (χ4v) is 5.18. The number of carbonyl (C=O) groups excluding carboxylic acids is 4. The molecule has 9 nitrogen and oxygen atoms in total. The Hall–Kier alpha value is -5.12. The molecular formula is C34H27Cl2N3O6. The first-order chi connectivity index (χ1) is 21.6. The lowest BCUT2D eigenvalue weighted by Crippen LogP contribution is -2.54. The first-order valence-corrected chi connectivity index (χ1v) is 14.5. The minimum atomic E-state index is -0.890. The van der Waals surface area contributed by atoms with Crippen molar-refractivity contribution >= 4 is 64.4 Å². The van der Waals surface area contributed by atoms with Gasteiger partial charge in [-0.3, -0.25) is 19.7 Å². The molecule has 1 fully saturated rings. The second-order valence-electron chi connectivity index (χ2n) is 10.2. The Labute approximate surface area is 269 Å². The molecule has 0 saturated carbocycles. The number of anilines is 2. The zero-order chi connectivity index (χ0) is 32.1. The fourth-order valence-electron chi connectivity index (χ4n) is 4.57. The van der Waals surface area contributed by atoms with Gasteiger partial charge in [0.1, 0.15) is 17.9 Å². The number of nitrogens with one attached hydrogen (secondary N) is 2. The van der Waals surface area contributed by atoms with Crippen molar-refractivity contribution in [2.24, 2.45) is 0 Å². The average Bonchev–Trinajstić information content (AvgIpc) is 3.00. The van der Waals surface area contributed by atoms with Crippen molar-refractivity contribution in [3.05, 3.63) is 123 Å². The van der Waals surface area contributed by atoms with Gasteiger partial charge in [-0.05, 0) is 79.1 Å². The van der Waals surface area contributed by atoms with E-state index in [0.717, 1.165) is 21.6 Å². The van der Waals surface area contributed by atoms with Crippen molar-refractivity contribution in [2.75, 3.05) is 16.8 Å². The third-order valence-electron chi connectivity index (χ3n) is 6.78. The van der Waals surface area contributed by atoms with E-state index in [0.29, 0.717) is 23.6 Å². The SMILES string of the molecule is Cc1ccc(NC(=O)COc2c(Cl)cc(/C=C3/C(=O)NC(=O)N(c4ccc(OCc5ccccc5)cc4)C3=O)cc2Cl)c(C)c1. The van der Waals surface area contributed by atoms with Crippen molar-refractivity contribution in [2.45, 2.75) is 20.5 Å². The maximum Gasteiger partial charge on any atom is 0.335 e. The summed E-state index contributed by atoms with van der Waals surface area (Å²) in [5.41, 5.74) is 3.84. The fraction of sp³-hybridized carbons (Fsp3) is 0.118. The van der Waals surface area contributed by atoms with Crippen LogP contribution in [0.2, 0.25) is 10.0 Å². The van der Waals surface area contributed by atoms with Gasteiger partial charge in [0.25, 0.3) is 17.7 Å². The standard InChI is InChI=1S/C34H27Cl2N3O6/c1-20-8-13-29(21(2)14-20)37-30(40)19-45-31-27(35)16-23(17-28(31)36)15-26-32(41)38-34(43)39(33(26)42)24-9-11-25(12-10-24)44-18-22-6-4-3-5-7-22/h3-17H,18-19H2,1-2H3,(H,37,40)(H,38,41,43)/b26-15-. The summed E-state index contributed by atoms with van der Waals surface area (Å²) in [5, 5.41) is 5.07. The lowest BCUT2D eigenvalue weighted by molar-refractivity contribution is -0.122. The van der Waals surface area contributed by atoms with Crippen LogP contribution in [0, 0.1) is 13.8 Å². The molecule has 1 heterocycles. The molecule has 45 heavy (non-hydrogen) atoms. The van der Waals surface area contributed by atoms with Crippen molar-refractivity contribution in [3.63, 3.8) is 0 Å². The van der Waals surface area contributed by atoms with E-state index >= 15 is 0 Å². The first kappa shape index (κ1) is 31.3. The zero-order valence-electron chi connectivity index (χ0n) is 24.2. The monoisotopic (exact) mass is 643 g/mol. The van der Waals surface area contributed by atoms with Gasteiger partial charge in [-0.2, -0.15) is 0 Å². The van der Waals surface area contributed by atoms with Crippen LogP contribution >= 0.6 is 23.2 Å². The Morgan fingerprint density at radius 3 is 2.24 bits per heavy atom. The van der Waals surface area contributed by atoms with Gasteiger partial charge in [-0.1, -0.05) is 71.2 Å². The van der Waals surface area contributed by atoms with Crippen LogP contribution in [0.1, 0.15) is 22.3 Å². The number of carbonyl (C=O) groups is 4. The van der Waals surface area contributed by atoms with Crippen molar-refractivity contribution in [3.8, 4) is 11.5 Å². The number of benzene rings is 4. The molecule has 0 radical (unpaired) electrons. The third kappa shape index (κ3) is 7.52.